The van der Waals surface area contributed by atoms with E-state index < -0.39 is 0 Å². The molecule has 1 fully saturated rings. The fourth-order valence-electron chi connectivity index (χ4n) is 1.61. The smallest absolute Gasteiger partial charge is 0.190 e. The van der Waals surface area contributed by atoms with E-state index in [0.717, 1.165) is 12.6 Å². The predicted molar refractivity (Wildman–Crippen MR) is 55.8 cm³/mol. The Morgan fingerprint density at radius 2 is 1.64 bits per heavy atom. The van der Waals surface area contributed by atoms with Crippen molar-refractivity contribution in [2.75, 3.05) is 0 Å². The lowest BCUT2D eigenvalue weighted by Crippen LogP contribution is -2.27. The topological polar surface area (TPSA) is 0 Å². The van der Waals surface area contributed by atoms with E-state index in [4.69, 9.17) is 22.9 Å². The quantitative estimate of drug-likeness (QED) is 0.512. The van der Waals surface area contributed by atoms with Crippen molar-refractivity contribution in [1.29, 1.82) is 0 Å². The van der Waals surface area contributed by atoms with Crippen LogP contribution in [0.15, 0.2) is 10.9 Å². The molecule has 60 valence electrons. The molecule has 0 spiro atoms. The van der Waals surface area contributed by atoms with Gasteiger partial charge in [-0.3, -0.25) is 0 Å². The highest BCUT2D eigenvalue weighted by atomic mass is 35.5. The first-order chi connectivity index (χ1) is 5.13. The molecule has 0 aromatic heterocycles. The van der Waals surface area contributed by atoms with Crippen LogP contribution in [0.2, 0.25) is 12.6 Å². The molecule has 0 N–H and O–H groups in total. The molecule has 1 aliphatic heterocycles. The van der Waals surface area contributed by atoms with Gasteiger partial charge in [-0.1, -0.05) is 30.0 Å². The molecule has 0 nitrogen and oxygen atoms in total. The van der Waals surface area contributed by atoms with Crippen LogP contribution in [0.1, 0.15) is 20.3 Å². The number of hydrogen-bond donors (Lipinski definition) is 0. The molecule has 0 radical (unpaired) electrons. The Morgan fingerprint density at radius 3 is 1.91 bits per heavy atom. The van der Waals surface area contributed by atoms with E-state index in [-0.39, 0.29) is 12.3 Å². The van der Waals surface area contributed by atoms with Crippen LogP contribution in [-0.4, -0.2) is 12.3 Å². The van der Waals surface area contributed by atoms with Gasteiger partial charge < -0.3 is 0 Å². The molecule has 1 saturated heterocycles. The molecule has 0 saturated carbocycles. The molecule has 0 atom stereocenters. The van der Waals surface area contributed by atoms with Gasteiger partial charge in [0, 0.05) is 0 Å². The van der Waals surface area contributed by atoms with Crippen LogP contribution in [0, 0.1) is 0 Å². The average molecular weight is 189 g/mol. The molecular weight excluding hydrogens is 177 g/mol. The van der Waals surface area contributed by atoms with Crippen LogP contribution in [0.5, 0.6) is 0 Å². The third-order valence-corrected chi connectivity index (χ3v) is 3.07. The summed E-state index contributed by atoms with van der Waals surface area (Å²) in [4.78, 5) is 0. The van der Waals surface area contributed by atoms with E-state index in [9.17, 15) is 0 Å². The van der Waals surface area contributed by atoms with Gasteiger partial charge in [-0.2, -0.15) is 22.9 Å². The summed E-state index contributed by atoms with van der Waals surface area (Å²) in [5.74, 6) is 0. The van der Waals surface area contributed by atoms with Gasteiger partial charge in [-0.15, -0.1) is 0 Å². The highest BCUT2D eigenvalue weighted by Gasteiger charge is 2.31. The van der Waals surface area contributed by atoms with Crippen molar-refractivity contribution in [2.24, 2.45) is 0 Å². The molecule has 11 heavy (non-hydrogen) atoms. The van der Waals surface area contributed by atoms with Crippen LogP contribution in [0.25, 0.3) is 0 Å². The van der Waals surface area contributed by atoms with Crippen molar-refractivity contribution in [2.45, 2.75) is 32.9 Å². The number of allylic oxidation sites excluding steroid dienone is 1. The fourth-order valence-corrected chi connectivity index (χ4v) is 2.72. The highest BCUT2D eigenvalue weighted by Crippen LogP contribution is 2.29. The number of halogens is 2. The molecule has 0 aromatic rings. The predicted octanol–water partition coefficient (Wildman–Crippen LogP) is 3.27. The third-order valence-electron chi connectivity index (χ3n) is 2.17. The molecule has 0 unspecified atom stereocenters. The summed E-state index contributed by atoms with van der Waals surface area (Å²) >= 11 is 12.3. The van der Waals surface area contributed by atoms with E-state index >= 15 is 0 Å². The third kappa shape index (κ3) is 2.19. The molecule has 1 aliphatic rings. The molecule has 1 rings (SSSR count). The van der Waals surface area contributed by atoms with E-state index in [1.54, 1.807) is 0 Å². The Hall–Kier alpha value is 0.450. The lowest BCUT2D eigenvalue weighted by Gasteiger charge is -2.21. The summed E-state index contributed by atoms with van der Waals surface area (Å²) < 4.78 is 0. The van der Waals surface area contributed by atoms with Gasteiger partial charge in [0.2, 0.25) is 0 Å². The maximum absolute atomic E-state index is 6.13. The van der Waals surface area contributed by atoms with Crippen molar-refractivity contribution in [3.8, 4) is 0 Å². The summed E-state index contributed by atoms with van der Waals surface area (Å²) in [6, 6.07) is 0. The molecule has 4 heteroatoms. The van der Waals surface area contributed by atoms with Crippen molar-refractivity contribution in [3.05, 3.63) is 10.9 Å². The second kappa shape index (κ2) is 3.91. The zero-order valence-corrected chi connectivity index (χ0v) is 8.54. The summed E-state index contributed by atoms with van der Waals surface area (Å²) in [5.41, 5.74) is 1.30. The molecular formula is C7H12B2Cl2. The van der Waals surface area contributed by atoms with E-state index in [0.29, 0.717) is 0 Å². The van der Waals surface area contributed by atoms with Crippen LogP contribution in [-0.2, 0) is 0 Å². The van der Waals surface area contributed by atoms with Crippen LogP contribution < -0.4 is 0 Å². The maximum atomic E-state index is 6.13. The van der Waals surface area contributed by atoms with Crippen LogP contribution in [0.4, 0.5) is 0 Å². The van der Waals surface area contributed by atoms with Crippen LogP contribution >= 0.6 is 22.9 Å². The van der Waals surface area contributed by atoms with E-state index in [2.05, 4.69) is 13.8 Å². The molecule has 0 aromatic carbocycles. The second-order valence-corrected chi connectivity index (χ2v) is 4.37. The van der Waals surface area contributed by atoms with E-state index in [1.807, 2.05) is 0 Å². The summed E-state index contributed by atoms with van der Waals surface area (Å²) in [7, 11) is 0. The van der Waals surface area contributed by atoms with Gasteiger partial charge in [0.25, 0.3) is 12.3 Å². The number of hydrogen-bond acceptors (Lipinski definition) is 0. The van der Waals surface area contributed by atoms with Crippen molar-refractivity contribution in [3.63, 3.8) is 0 Å². The van der Waals surface area contributed by atoms with Crippen LogP contribution in [0.3, 0.4) is 0 Å². The minimum atomic E-state index is 0.191. The minimum Gasteiger partial charge on any atom is -0.190 e. The first-order valence-electron chi connectivity index (χ1n) is 4.08. The Balaban J connectivity index is 2.79. The molecule has 0 bridgehead atoms. The zero-order chi connectivity index (χ0) is 8.43. The summed E-state index contributed by atoms with van der Waals surface area (Å²) in [6.07, 6.45) is 3.72. The first-order valence-corrected chi connectivity index (χ1v) is 4.95. The molecule has 1 heterocycles. The van der Waals surface area contributed by atoms with Gasteiger partial charge in [-0.05, 0) is 13.8 Å². The highest BCUT2D eigenvalue weighted by molar-refractivity contribution is 7.26. The van der Waals surface area contributed by atoms with Gasteiger partial charge in [-0.25, -0.2) is 0 Å². The first kappa shape index (κ1) is 9.54. The maximum Gasteiger partial charge on any atom is 0.271 e. The van der Waals surface area contributed by atoms with Gasteiger partial charge in [0.05, 0.1) is 0 Å². The zero-order valence-electron chi connectivity index (χ0n) is 7.03. The van der Waals surface area contributed by atoms with Gasteiger partial charge >= 0.3 is 0 Å². The Bertz CT molecular complexity index is 163. The largest absolute Gasteiger partial charge is 0.271 e. The van der Waals surface area contributed by atoms with Crippen molar-refractivity contribution >= 4 is 35.2 Å². The Morgan fingerprint density at radius 1 is 1.18 bits per heavy atom. The monoisotopic (exact) mass is 188 g/mol. The fraction of sp³-hybridized carbons (Fsp3) is 0.714. The summed E-state index contributed by atoms with van der Waals surface area (Å²) in [5, 5.41) is 1.26. The Labute approximate surface area is 79.3 Å². The standard InChI is InChI=1S/C7H12B2Cl2/c1-6(2)7-8(10)4-3-5-9(7)11/h3-5H2,1-2H3. The van der Waals surface area contributed by atoms with E-state index in [1.165, 1.54) is 17.4 Å². The number of rotatable bonds is 0. The molecule has 0 aliphatic carbocycles. The molecule has 0 amide bonds. The van der Waals surface area contributed by atoms with Crippen molar-refractivity contribution in [1.82, 2.24) is 0 Å². The van der Waals surface area contributed by atoms with Crippen molar-refractivity contribution < 1.29 is 0 Å². The van der Waals surface area contributed by atoms with Gasteiger partial charge in [0.1, 0.15) is 0 Å². The van der Waals surface area contributed by atoms with Gasteiger partial charge in [0.15, 0.2) is 0 Å². The Kier molecular flexibility index (Phi) is 3.39. The normalized spacial score (nSPS) is 19.1. The minimum absolute atomic E-state index is 0.191. The lowest BCUT2D eigenvalue weighted by molar-refractivity contribution is 1.04. The lowest BCUT2D eigenvalue weighted by atomic mass is 9.39. The second-order valence-electron chi connectivity index (χ2n) is 3.32. The SMILES string of the molecule is CC(C)=C1B(Cl)CCCB1Cl. The summed E-state index contributed by atoms with van der Waals surface area (Å²) in [6.45, 7) is 4.18. The average Bonchev–Trinajstić information content (AvgIpc) is 1.85.